The van der Waals surface area contributed by atoms with Crippen LogP contribution in [0, 0.1) is 5.92 Å². The number of imide groups is 1. The fourth-order valence-electron chi connectivity index (χ4n) is 4.11. The zero-order chi connectivity index (χ0) is 22.1. The van der Waals surface area contributed by atoms with Gasteiger partial charge in [0.2, 0.25) is 5.91 Å². The predicted molar refractivity (Wildman–Crippen MR) is 119 cm³/mol. The summed E-state index contributed by atoms with van der Waals surface area (Å²) in [5, 5.41) is 2.74. The number of benzene rings is 1. The second kappa shape index (κ2) is 8.80. The molecule has 0 saturated carbocycles. The van der Waals surface area contributed by atoms with Gasteiger partial charge in [-0.15, -0.1) is 11.3 Å². The van der Waals surface area contributed by atoms with E-state index in [-0.39, 0.29) is 29.2 Å². The van der Waals surface area contributed by atoms with E-state index in [1.54, 1.807) is 37.3 Å². The zero-order valence-corrected chi connectivity index (χ0v) is 18.6. The van der Waals surface area contributed by atoms with Crippen LogP contribution in [0.25, 0.3) is 0 Å². The number of nitrogens with one attached hydrogen (secondary N) is 1. The van der Waals surface area contributed by atoms with E-state index < -0.39 is 0 Å². The van der Waals surface area contributed by atoms with Crippen molar-refractivity contribution in [2.75, 3.05) is 25.0 Å². The van der Waals surface area contributed by atoms with Crippen LogP contribution in [-0.2, 0) is 4.79 Å². The number of fused-ring (bicyclic) bond motifs is 1. The molecule has 9 heteroatoms. The Morgan fingerprint density at radius 2 is 1.87 bits per heavy atom. The first-order valence-corrected chi connectivity index (χ1v) is 11.4. The quantitative estimate of drug-likeness (QED) is 0.687. The minimum absolute atomic E-state index is 0.0817. The van der Waals surface area contributed by atoms with Crippen LogP contribution in [0.5, 0.6) is 0 Å². The molecule has 3 heterocycles. The Labute approximate surface area is 189 Å². The van der Waals surface area contributed by atoms with E-state index in [0.717, 1.165) is 24.2 Å². The normalized spacial score (nSPS) is 16.6. The summed E-state index contributed by atoms with van der Waals surface area (Å²) >= 11 is 7.04. The smallest absolute Gasteiger partial charge is 0.265 e. The van der Waals surface area contributed by atoms with Crippen LogP contribution >= 0.6 is 22.9 Å². The number of hydrogen-bond acceptors (Lipinski definition) is 5. The van der Waals surface area contributed by atoms with Gasteiger partial charge in [-0.3, -0.25) is 24.1 Å². The standard InChI is InChI=1S/C22H22ClN3O4S/c1-13(27)25-10-7-14(8-11-25)9-12-26-21(29)15-3-2-4-16(19(15)22(26)30)24-20(28)17-5-6-18(23)31-17/h2-6,14H,7-12H2,1H3,(H,24,28). The topological polar surface area (TPSA) is 86.8 Å². The number of piperidine rings is 1. The van der Waals surface area contributed by atoms with Gasteiger partial charge < -0.3 is 10.2 Å². The number of carbonyl (C=O) groups is 4. The molecule has 1 fully saturated rings. The van der Waals surface area contributed by atoms with E-state index in [9.17, 15) is 19.2 Å². The second-order valence-electron chi connectivity index (χ2n) is 7.79. The van der Waals surface area contributed by atoms with E-state index in [4.69, 9.17) is 11.6 Å². The van der Waals surface area contributed by atoms with Crippen LogP contribution in [0.4, 0.5) is 5.69 Å². The van der Waals surface area contributed by atoms with Crippen molar-refractivity contribution < 1.29 is 19.2 Å². The Hall–Kier alpha value is -2.71. The summed E-state index contributed by atoms with van der Waals surface area (Å²) in [5.41, 5.74) is 0.857. The Morgan fingerprint density at radius 3 is 2.52 bits per heavy atom. The van der Waals surface area contributed by atoms with Gasteiger partial charge in [-0.05, 0) is 49.4 Å². The molecule has 4 amide bonds. The maximum atomic E-state index is 13.0. The molecule has 0 spiro atoms. The molecule has 1 saturated heterocycles. The summed E-state index contributed by atoms with van der Waals surface area (Å²) in [6, 6.07) is 8.13. The summed E-state index contributed by atoms with van der Waals surface area (Å²) in [6.07, 6.45) is 2.44. The lowest BCUT2D eigenvalue weighted by atomic mass is 9.93. The van der Waals surface area contributed by atoms with Gasteiger partial charge >= 0.3 is 0 Å². The highest BCUT2D eigenvalue weighted by Gasteiger charge is 2.38. The summed E-state index contributed by atoms with van der Waals surface area (Å²) in [6.45, 7) is 3.32. The third-order valence-electron chi connectivity index (χ3n) is 5.87. The summed E-state index contributed by atoms with van der Waals surface area (Å²) in [5.74, 6) is -0.653. The number of amides is 4. The molecule has 7 nitrogen and oxygen atoms in total. The maximum absolute atomic E-state index is 13.0. The van der Waals surface area contributed by atoms with Crippen molar-refractivity contribution in [2.45, 2.75) is 26.2 Å². The Balaban J connectivity index is 1.44. The first-order valence-electron chi connectivity index (χ1n) is 10.2. The first-order chi connectivity index (χ1) is 14.8. The predicted octanol–water partition coefficient (Wildman–Crippen LogP) is 3.90. The highest BCUT2D eigenvalue weighted by molar-refractivity contribution is 7.18. The first kappa shape index (κ1) is 21.5. The molecule has 1 N–H and O–H groups in total. The molecule has 0 aliphatic carbocycles. The second-order valence-corrected chi connectivity index (χ2v) is 9.50. The highest BCUT2D eigenvalue weighted by atomic mass is 35.5. The van der Waals surface area contributed by atoms with Gasteiger partial charge in [-0.2, -0.15) is 0 Å². The fourth-order valence-corrected chi connectivity index (χ4v) is 5.05. The van der Waals surface area contributed by atoms with E-state index in [2.05, 4.69) is 5.32 Å². The van der Waals surface area contributed by atoms with Crippen LogP contribution in [0.3, 0.4) is 0 Å². The van der Waals surface area contributed by atoms with Gasteiger partial charge in [0.1, 0.15) is 0 Å². The van der Waals surface area contributed by atoms with Crippen molar-refractivity contribution >= 4 is 52.3 Å². The molecule has 31 heavy (non-hydrogen) atoms. The van der Waals surface area contributed by atoms with Crippen molar-refractivity contribution in [1.29, 1.82) is 0 Å². The average Bonchev–Trinajstić information content (AvgIpc) is 3.29. The molecule has 162 valence electrons. The van der Waals surface area contributed by atoms with Crippen LogP contribution in [-0.4, -0.2) is 53.1 Å². The van der Waals surface area contributed by atoms with Crippen molar-refractivity contribution in [2.24, 2.45) is 5.92 Å². The van der Waals surface area contributed by atoms with Gasteiger partial charge in [0.25, 0.3) is 17.7 Å². The van der Waals surface area contributed by atoms with Gasteiger partial charge in [0.05, 0.1) is 26.0 Å². The van der Waals surface area contributed by atoms with E-state index in [1.807, 2.05) is 4.90 Å². The average molecular weight is 460 g/mol. The number of nitrogens with zero attached hydrogens (tertiary/aromatic N) is 2. The van der Waals surface area contributed by atoms with Crippen LogP contribution < -0.4 is 5.32 Å². The lowest BCUT2D eigenvalue weighted by molar-refractivity contribution is -0.130. The number of anilines is 1. The Morgan fingerprint density at radius 1 is 1.13 bits per heavy atom. The molecule has 0 atom stereocenters. The van der Waals surface area contributed by atoms with Crippen LogP contribution in [0.1, 0.15) is 56.6 Å². The third-order valence-corrected chi connectivity index (χ3v) is 7.09. The summed E-state index contributed by atoms with van der Waals surface area (Å²) in [7, 11) is 0. The Kier molecular flexibility index (Phi) is 6.11. The highest BCUT2D eigenvalue weighted by Crippen LogP contribution is 2.31. The number of carbonyl (C=O) groups excluding carboxylic acids is 4. The molecule has 0 radical (unpaired) electrons. The SMILES string of the molecule is CC(=O)N1CCC(CCN2C(=O)c3cccc(NC(=O)c4ccc(Cl)s4)c3C2=O)CC1. The molecule has 2 aromatic rings. The van der Waals surface area contributed by atoms with Gasteiger partial charge in [0, 0.05) is 26.6 Å². The van der Waals surface area contributed by atoms with Crippen molar-refractivity contribution in [3.05, 3.63) is 50.7 Å². The van der Waals surface area contributed by atoms with E-state index >= 15 is 0 Å². The molecule has 0 unspecified atom stereocenters. The van der Waals surface area contributed by atoms with Gasteiger partial charge in [-0.25, -0.2) is 0 Å². The lowest BCUT2D eigenvalue weighted by Gasteiger charge is -2.31. The minimum Gasteiger partial charge on any atom is -0.343 e. The van der Waals surface area contributed by atoms with Crippen molar-refractivity contribution in [1.82, 2.24) is 9.80 Å². The third kappa shape index (κ3) is 4.36. The van der Waals surface area contributed by atoms with Crippen LogP contribution in [0.15, 0.2) is 30.3 Å². The molecule has 0 bridgehead atoms. The zero-order valence-electron chi connectivity index (χ0n) is 17.0. The lowest BCUT2D eigenvalue weighted by Crippen LogP contribution is -2.38. The Bertz CT molecular complexity index is 1060. The van der Waals surface area contributed by atoms with E-state index in [0.29, 0.717) is 52.4 Å². The van der Waals surface area contributed by atoms with Crippen LogP contribution in [0.2, 0.25) is 4.34 Å². The molecule has 2 aliphatic heterocycles. The molecular formula is C22H22ClN3O4S. The maximum Gasteiger partial charge on any atom is 0.265 e. The number of rotatable bonds is 5. The molecule has 4 rings (SSSR count). The van der Waals surface area contributed by atoms with E-state index in [1.165, 1.54) is 4.90 Å². The molecule has 1 aromatic heterocycles. The number of halogens is 1. The molecule has 1 aromatic carbocycles. The summed E-state index contributed by atoms with van der Waals surface area (Å²) < 4.78 is 0.495. The molecule has 2 aliphatic rings. The fraction of sp³-hybridized carbons (Fsp3) is 0.364. The van der Waals surface area contributed by atoms with Gasteiger partial charge in [-0.1, -0.05) is 17.7 Å². The number of likely N-dealkylation sites (tertiary alicyclic amines) is 1. The van der Waals surface area contributed by atoms with Crippen molar-refractivity contribution in [3.63, 3.8) is 0 Å². The molecular weight excluding hydrogens is 438 g/mol. The monoisotopic (exact) mass is 459 g/mol. The number of thiophene rings is 1. The largest absolute Gasteiger partial charge is 0.343 e. The summed E-state index contributed by atoms with van der Waals surface area (Å²) in [4.78, 5) is 53.4. The van der Waals surface area contributed by atoms with Gasteiger partial charge in [0.15, 0.2) is 0 Å². The number of hydrogen-bond donors (Lipinski definition) is 1. The minimum atomic E-state index is -0.388. The van der Waals surface area contributed by atoms with Crippen molar-refractivity contribution in [3.8, 4) is 0 Å².